The van der Waals surface area contributed by atoms with Crippen LogP contribution in [0.25, 0.3) is 0 Å². The van der Waals surface area contributed by atoms with Crippen LogP contribution in [0.15, 0.2) is 54.6 Å². The molecule has 0 aromatic heterocycles. The van der Waals surface area contributed by atoms with E-state index in [1.807, 2.05) is 49.4 Å². The van der Waals surface area contributed by atoms with Gasteiger partial charge in [0.1, 0.15) is 5.75 Å². The second kappa shape index (κ2) is 13.0. The highest BCUT2D eigenvalue weighted by atomic mass is 16.5. The smallest absolute Gasteiger partial charge is 0.220 e. The Labute approximate surface area is 178 Å². The highest BCUT2D eigenvalue weighted by Crippen LogP contribution is 2.12. The monoisotopic (exact) mass is 415 g/mol. The first-order valence-corrected chi connectivity index (χ1v) is 10.4. The van der Waals surface area contributed by atoms with Gasteiger partial charge in [0.25, 0.3) is 0 Å². The van der Waals surface area contributed by atoms with Gasteiger partial charge in [-0.2, -0.15) is 0 Å². The van der Waals surface area contributed by atoms with Crippen LogP contribution in [-0.4, -0.2) is 54.2 Å². The van der Waals surface area contributed by atoms with Crippen LogP contribution < -0.4 is 5.32 Å². The Kier molecular flexibility index (Phi) is 10.3. The van der Waals surface area contributed by atoms with E-state index in [0.29, 0.717) is 32.5 Å². The zero-order chi connectivity index (χ0) is 21.8. The molecule has 6 nitrogen and oxygen atoms in total. The molecular formula is C24H33NO5. The summed E-state index contributed by atoms with van der Waals surface area (Å²) in [6, 6.07) is 16.7. The van der Waals surface area contributed by atoms with E-state index in [9.17, 15) is 15.0 Å². The van der Waals surface area contributed by atoms with Crippen molar-refractivity contribution in [3.63, 3.8) is 0 Å². The molecule has 6 heteroatoms. The summed E-state index contributed by atoms with van der Waals surface area (Å²) in [5.41, 5.74) is 2.13. The molecule has 0 aliphatic carbocycles. The minimum absolute atomic E-state index is 0.0235. The standard InChI is InChI=1S/C24H33NO5/c1-18(26)15-30-19(2)16-29-17-22(14-21-8-11-23(27)12-9-21)25-24(28)13-10-20-6-4-3-5-7-20/h3-9,11-12,18-19,22,26-27H,10,13-17H2,1-2H3,(H,25,28)/t18?,19-,22?/m1/s1. The number of aromatic hydroxyl groups is 1. The quantitative estimate of drug-likeness (QED) is 0.468. The Morgan fingerprint density at radius 2 is 1.67 bits per heavy atom. The Morgan fingerprint density at radius 1 is 0.967 bits per heavy atom. The van der Waals surface area contributed by atoms with Crippen molar-refractivity contribution >= 4 is 5.91 Å². The number of carbonyl (C=O) groups is 1. The lowest BCUT2D eigenvalue weighted by atomic mass is 10.1. The molecule has 3 N–H and O–H groups in total. The lowest BCUT2D eigenvalue weighted by molar-refractivity contribution is -0.122. The summed E-state index contributed by atoms with van der Waals surface area (Å²) in [6.45, 7) is 4.54. The van der Waals surface area contributed by atoms with Gasteiger partial charge >= 0.3 is 0 Å². The molecule has 0 heterocycles. The number of amides is 1. The molecule has 0 fully saturated rings. The van der Waals surface area contributed by atoms with Crippen LogP contribution in [0.5, 0.6) is 5.75 Å². The van der Waals surface area contributed by atoms with E-state index in [1.165, 1.54) is 0 Å². The van der Waals surface area contributed by atoms with Gasteiger partial charge in [-0.05, 0) is 49.9 Å². The number of carbonyl (C=O) groups excluding carboxylic acids is 1. The second-order valence-electron chi connectivity index (χ2n) is 7.65. The van der Waals surface area contributed by atoms with Gasteiger partial charge in [0.2, 0.25) is 5.91 Å². The van der Waals surface area contributed by atoms with E-state index in [-0.39, 0.29) is 30.4 Å². The van der Waals surface area contributed by atoms with Crippen LogP contribution in [0.4, 0.5) is 0 Å². The number of benzene rings is 2. The zero-order valence-electron chi connectivity index (χ0n) is 17.8. The zero-order valence-corrected chi connectivity index (χ0v) is 17.8. The third-order valence-electron chi connectivity index (χ3n) is 4.56. The van der Waals surface area contributed by atoms with Gasteiger partial charge in [-0.3, -0.25) is 4.79 Å². The molecule has 2 rings (SSSR count). The van der Waals surface area contributed by atoms with Crippen molar-refractivity contribution in [3.05, 3.63) is 65.7 Å². The number of nitrogens with one attached hydrogen (secondary N) is 1. The van der Waals surface area contributed by atoms with Gasteiger partial charge in [0.15, 0.2) is 0 Å². The second-order valence-corrected chi connectivity index (χ2v) is 7.65. The lowest BCUT2D eigenvalue weighted by Gasteiger charge is -2.21. The van der Waals surface area contributed by atoms with Crippen molar-refractivity contribution in [1.29, 1.82) is 0 Å². The molecule has 0 saturated carbocycles. The van der Waals surface area contributed by atoms with Crippen LogP contribution in [0, 0.1) is 0 Å². The maximum atomic E-state index is 12.5. The van der Waals surface area contributed by atoms with Crippen molar-refractivity contribution < 1.29 is 24.5 Å². The summed E-state index contributed by atoms with van der Waals surface area (Å²) in [5.74, 6) is 0.187. The van der Waals surface area contributed by atoms with Crippen molar-refractivity contribution in [2.75, 3.05) is 19.8 Å². The summed E-state index contributed by atoms with van der Waals surface area (Å²) in [6.07, 6.45) is 1.02. The minimum atomic E-state index is -0.515. The number of aliphatic hydroxyl groups excluding tert-OH is 1. The van der Waals surface area contributed by atoms with Gasteiger partial charge in [-0.1, -0.05) is 42.5 Å². The molecule has 30 heavy (non-hydrogen) atoms. The van der Waals surface area contributed by atoms with Crippen LogP contribution in [0.2, 0.25) is 0 Å². The van der Waals surface area contributed by atoms with E-state index >= 15 is 0 Å². The van der Waals surface area contributed by atoms with Gasteiger partial charge < -0.3 is 25.0 Å². The van der Waals surface area contributed by atoms with Gasteiger partial charge in [-0.25, -0.2) is 0 Å². The predicted octanol–water partition coefficient (Wildman–Crippen LogP) is 2.85. The highest BCUT2D eigenvalue weighted by Gasteiger charge is 2.15. The Morgan fingerprint density at radius 3 is 2.33 bits per heavy atom. The summed E-state index contributed by atoms with van der Waals surface area (Å²) in [4.78, 5) is 12.5. The van der Waals surface area contributed by atoms with E-state index < -0.39 is 6.10 Å². The number of ether oxygens (including phenoxy) is 2. The summed E-state index contributed by atoms with van der Waals surface area (Å²) >= 11 is 0. The van der Waals surface area contributed by atoms with Gasteiger partial charge in [-0.15, -0.1) is 0 Å². The van der Waals surface area contributed by atoms with Gasteiger partial charge in [0.05, 0.1) is 38.1 Å². The number of aliphatic hydroxyl groups is 1. The highest BCUT2D eigenvalue weighted by molar-refractivity contribution is 5.76. The van der Waals surface area contributed by atoms with Crippen molar-refractivity contribution in [1.82, 2.24) is 5.32 Å². The van der Waals surface area contributed by atoms with Gasteiger partial charge in [0, 0.05) is 6.42 Å². The average Bonchev–Trinajstić information content (AvgIpc) is 2.73. The minimum Gasteiger partial charge on any atom is -0.508 e. The molecule has 2 aromatic carbocycles. The fraction of sp³-hybridized carbons (Fsp3) is 0.458. The SMILES string of the molecule is CC(O)CO[C@H](C)COCC(Cc1ccc(O)cc1)NC(=O)CCc1ccccc1. The molecule has 0 saturated heterocycles. The van der Waals surface area contributed by atoms with Crippen LogP contribution in [0.3, 0.4) is 0 Å². The normalized spacial score (nSPS) is 14.1. The Balaban J connectivity index is 1.86. The molecular weight excluding hydrogens is 382 g/mol. The maximum Gasteiger partial charge on any atom is 0.220 e. The number of phenols is 1. The van der Waals surface area contributed by atoms with Crippen molar-refractivity contribution in [2.45, 2.75) is 51.4 Å². The summed E-state index contributed by atoms with van der Waals surface area (Å²) < 4.78 is 11.3. The van der Waals surface area contributed by atoms with Crippen LogP contribution in [0.1, 0.15) is 31.4 Å². The molecule has 164 valence electrons. The topological polar surface area (TPSA) is 88.0 Å². The number of phenolic OH excluding ortho intramolecular Hbond substituents is 1. The molecule has 2 unspecified atom stereocenters. The Bertz CT molecular complexity index is 733. The molecule has 0 aliphatic rings. The summed E-state index contributed by atoms with van der Waals surface area (Å²) in [5, 5.41) is 21.8. The Hall–Kier alpha value is -2.41. The molecule has 0 aliphatic heterocycles. The van der Waals surface area contributed by atoms with Crippen LogP contribution >= 0.6 is 0 Å². The number of rotatable bonds is 13. The molecule has 2 aromatic rings. The van der Waals surface area contributed by atoms with E-state index in [2.05, 4.69) is 5.32 Å². The number of aryl methyl sites for hydroxylation is 1. The summed E-state index contributed by atoms with van der Waals surface area (Å²) in [7, 11) is 0. The molecule has 1 amide bonds. The first-order valence-electron chi connectivity index (χ1n) is 10.4. The number of hydrogen-bond donors (Lipinski definition) is 3. The van der Waals surface area contributed by atoms with E-state index in [1.54, 1.807) is 19.1 Å². The first kappa shape index (κ1) is 23.9. The fourth-order valence-electron chi connectivity index (χ4n) is 3.00. The molecule has 0 radical (unpaired) electrons. The number of hydrogen-bond acceptors (Lipinski definition) is 5. The van der Waals surface area contributed by atoms with Crippen molar-refractivity contribution in [3.8, 4) is 5.75 Å². The third kappa shape index (κ3) is 9.87. The maximum absolute atomic E-state index is 12.5. The predicted molar refractivity (Wildman–Crippen MR) is 116 cm³/mol. The first-order chi connectivity index (χ1) is 14.4. The third-order valence-corrected chi connectivity index (χ3v) is 4.56. The van der Waals surface area contributed by atoms with Crippen LogP contribution in [-0.2, 0) is 27.1 Å². The average molecular weight is 416 g/mol. The van der Waals surface area contributed by atoms with E-state index in [0.717, 1.165) is 11.1 Å². The lowest BCUT2D eigenvalue weighted by Crippen LogP contribution is -2.40. The molecule has 0 bridgehead atoms. The largest absolute Gasteiger partial charge is 0.508 e. The molecule has 3 atom stereocenters. The van der Waals surface area contributed by atoms with Crippen molar-refractivity contribution in [2.24, 2.45) is 0 Å². The fourth-order valence-corrected chi connectivity index (χ4v) is 3.00. The van der Waals surface area contributed by atoms with E-state index in [4.69, 9.17) is 9.47 Å². The molecule has 0 spiro atoms.